The van der Waals surface area contributed by atoms with Gasteiger partial charge in [0.1, 0.15) is 11.5 Å². The van der Waals surface area contributed by atoms with Crippen molar-refractivity contribution in [2.24, 2.45) is 0 Å². The molecule has 178 valence electrons. The zero-order chi connectivity index (χ0) is 24.3. The Balaban J connectivity index is 2.52. The molecule has 2 rings (SSSR count). The summed E-state index contributed by atoms with van der Waals surface area (Å²) in [6, 6.07) is 11.5. The molecule has 33 heavy (non-hydrogen) atoms. The Morgan fingerprint density at radius 3 is 2.21 bits per heavy atom. The lowest BCUT2D eigenvalue weighted by atomic mass is 9.83. The molecule has 0 saturated heterocycles. The molecule has 0 saturated carbocycles. The third-order valence-electron chi connectivity index (χ3n) is 5.72. The fraction of sp³-hybridized carbons (Fsp3) is 0.414. The van der Waals surface area contributed by atoms with Gasteiger partial charge in [-0.25, -0.2) is 0 Å². The number of allylic oxidation sites excluding steroid dienone is 2. The summed E-state index contributed by atoms with van der Waals surface area (Å²) in [5, 5.41) is 3.07. The molecule has 0 unspecified atom stereocenters. The van der Waals surface area contributed by atoms with E-state index >= 15 is 0 Å². The first kappa shape index (κ1) is 26.2. The molecule has 0 aromatic heterocycles. The monoisotopic (exact) mass is 449 g/mol. The maximum absolute atomic E-state index is 12.9. The van der Waals surface area contributed by atoms with Crippen LogP contribution in [-0.2, 0) is 5.41 Å². The van der Waals surface area contributed by atoms with Crippen LogP contribution < -0.4 is 14.8 Å². The van der Waals surface area contributed by atoms with Gasteiger partial charge in [0, 0.05) is 29.3 Å². The Morgan fingerprint density at radius 2 is 1.64 bits per heavy atom. The minimum absolute atomic E-state index is 0.0648. The Kier molecular flexibility index (Phi) is 10.2. The van der Waals surface area contributed by atoms with Crippen molar-refractivity contribution in [3.05, 3.63) is 71.8 Å². The van der Waals surface area contributed by atoms with Crippen LogP contribution in [0.3, 0.4) is 0 Å². The highest BCUT2D eigenvalue weighted by atomic mass is 16.5. The fourth-order valence-electron chi connectivity index (χ4n) is 3.34. The lowest BCUT2D eigenvalue weighted by Gasteiger charge is -2.26. The molecular weight excluding hydrogens is 410 g/mol. The average molecular weight is 450 g/mol. The summed E-state index contributed by atoms with van der Waals surface area (Å²) < 4.78 is 12.4. The Labute approximate surface area is 199 Å². The first-order valence-corrected chi connectivity index (χ1v) is 11.9. The van der Waals surface area contributed by atoms with Crippen molar-refractivity contribution in [2.45, 2.75) is 58.8 Å². The summed E-state index contributed by atoms with van der Waals surface area (Å²) in [7, 11) is 1.86. The second kappa shape index (κ2) is 12.9. The number of ether oxygens (including phenoxy) is 2. The molecule has 1 N–H and O–H groups in total. The third-order valence-corrected chi connectivity index (χ3v) is 5.72. The van der Waals surface area contributed by atoms with Gasteiger partial charge in [-0.05, 0) is 55.3 Å². The standard InChI is InChI=1S/C29H39NO3/c1-7-10-20-32-27-19-17-25(29(4,5)9-3)28(33-21-11-8-2)24(27)16-18-26(31)22-12-14-23(30-6)15-13-22/h9,12-19,30H,3,7-8,10-11,20-21H2,1-2,4-6H3/b18-16+. The maximum Gasteiger partial charge on any atom is 0.185 e. The number of benzene rings is 2. The lowest BCUT2D eigenvalue weighted by molar-refractivity contribution is 0.104. The molecule has 0 aliphatic carbocycles. The molecule has 0 atom stereocenters. The van der Waals surface area contributed by atoms with Gasteiger partial charge in [-0.3, -0.25) is 4.79 Å². The van der Waals surface area contributed by atoms with Crippen LogP contribution in [0.25, 0.3) is 6.08 Å². The molecule has 2 aromatic carbocycles. The number of carbonyl (C=O) groups excluding carboxylic acids is 1. The van der Waals surface area contributed by atoms with Crippen LogP contribution in [0.2, 0.25) is 0 Å². The number of carbonyl (C=O) groups is 1. The second-order valence-corrected chi connectivity index (χ2v) is 8.71. The minimum Gasteiger partial charge on any atom is -0.493 e. The lowest BCUT2D eigenvalue weighted by Crippen LogP contribution is -2.16. The molecule has 0 aliphatic rings. The number of anilines is 1. The molecule has 0 fully saturated rings. The van der Waals surface area contributed by atoms with Gasteiger partial charge in [-0.1, -0.05) is 52.7 Å². The van der Waals surface area contributed by atoms with Gasteiger partial charge < -0.3 is 14.8 Å². The van der Waals surface area contributed by atoms with Gasteiger partial charge in [-0.15, -0.1) is 6.58 Å². The van der Waals surface area contributed by atoms with E-state index in [4.69, 9.17) is 9.47 Å². The smallest absolute Gasteiger partial charge is 0.185 e. The number of ketones is 1. The van der Waals surface area contributed by atoms with E-state index in [9.17, 15) is 4.79 Å². The molecule has 2 aromatic rings. The van der Waals surface area contributed by atoms with Gasteiger partial charge >= 0.3 is 0 Å². The van der Waals surface area contributed by atoms with Crippen LogP contribution in [0.4, 0.5) is 5.69 Å². The normalized spacial score (nSPS) is 11.4. The number of nitrogens with one attached hydrogen (secondary N) is 1. The Morgan fingerprint density at radius 1 is 1.00 bits per heavy atom. The molecule has 0 radical (unpaired) electrons. The van der Waals surface area contributed by atoms with Gasteiger partial charge in [0.25, 0.3) is 0 Å². The van der Waals surface area contributed by atoms with E-state index in [0.29, 0.717) is 18.8 Å². The molecular formula is C29H39NO3. The predicted molar refractivity (Wildman–Crippen MR) is 140 cm³/mol. The Bertz CT molecular complexity index is 942. The summed E-state index contributed by atoms with van der Waals surface area (Å²) in [4.78, 5) is 12.9. The zero-order valence-electron chi connectivity index (χ0n) is 20.9. The summed E-state index contributed by atoms with van der Waals surface area (Å²) in [6.45, 7) is 13.8. The van der Waals surface area contributed by atoms with Crippen molar-refractivity contribution >= 4 is 17.5 Å². The van der Waals surface area contributed by atoms with Crippen LogP contribution >= 0.6 is 0 Å². The van der Waals surface area contributed by atoms with E-state index < -0.39 is 0 Å². The van der Waals surface area contributed by atoms with Crippen molar-refractivity contribution in [1.29, 1.82) is 0 Å². The number of unbranched alkanes of at least 4 members (excludes halogenated alkanes) is 2. The van der Waals surface area contributed by atoms with Crippen molar-refractivity contribution in [3.8, 4) is 11.5 Å². The Hall–Kier alpha value is -3.01. The van der Waals surface area contributed by atoms with E-state index in [1.807, 2.05) is 49.5 Å². The van der Waals surface area contributed by atoms with Crippen molar-refractivity contribution < 1.29 is 14.3 Å². The van der Waals surface area contributed by atoms with E-state index in [1.54, 1.807) is 6.08 Å². The van der Waals surface area contributed by atoms with Crippen molar-refractivity contribution in [1.82, 2.24) is 0 Å². The first-order valence-electron chi connectivity index (χ1n) is 11.9. The minimum atomic E-state index is -0.293. The van der Waals surface area contributed by atoms with E-state index in [1.165, 1.54) is 0 Å². The average Bonchev–Trinajstić information content (AvgIpc) is 2.83. The largest absolute Gasteiger partial charge is 0.493 e. The van der Waals surface area contributed by atoms with Crippen LogP contribution in [-0.4, -0.2) is 26.0 Å². The van der Waals surface area contributed by atoms with Crippen molar-refractivity contribution in [2.75, 3.05) is 25.6 Å². The summed E-state index contributed by atoms with van der Waals surface area (Å²) in [6.07, 6.45) is 9.37. The molecule has 0 amide bonds. The second-order valence-electron chi connectivity index (χ2n) is 8.71. The highest BCUT2D eigenvalue weighted by Gasteiger charge is 2.25. The maximum atomic E-state index is 12.9. The molecule has 0 spiro atoms. The van der Waals surface area contributed by atoms with Crippen LogP contribution in [0, 0.1) is 0 Å². The highest BCUT2D eigenvalue weighted by Crippen LogP contribution is 2.40. The van der Waals surface area contributed by atoms with Crippen LogP contribution in [0.1, 0.15) is 74.9 Å². The van der Waals surface area contributed by atoms with Gasteiger partial charge in [0.15, 0.2) is 5.78 Å². The van der Waals surface area contributed by atoms with Crippen LogP contribution in [0.5, 0.6) is 11.5 Å². The highest BCUT2D eigenvalue weighted by molar-refractivity contribution is 6.07. The molecule has 4 heteroatoms. The van der Waals surface area contributed by atoms with Gasteiger partial charge in [-0.2, -0.15) is 0 Å². The van der Waals surface area contributed by atoms with E-state index in [0.717, 1.165) is 54.0 Å². The van der Waals surface area contributed by atoms with Crippen LogP contribution in [0.15, 0.2) is 55.1 Å². The van der Waals surface area contributed by atoms with E-state index in [-0.39, 0.29) is 11.2 Å². The molecule has 0 aliphatic heterocycles. The van der Waals surface area contributed by atoms with Gasteiger partial charge in [0.05, 0.1) is 18.8 Å². The third kappa shape index (κ3) is 7.24. The van der Waals surface area contributed by atoms with Gasteiger partial charge in [0.2, 0.25) is 0 Å². The molecule has 0 heterocycles. The summed E-state index contributed by atoms with van der Waals surface area (Å²) in [5.74, 6) is 1.43. The number of rotatable bonds is 14. The summed E-state index contributed by atoms with van der Waals surface area (Å²) >= 11 is 0. The zero-order valence-corrected chi connectivity index (χ0v) is 20.9. The summed E-state index contributed by atoms with van der Waals surface area (Å²) in [5.41, 5.74) is 3.14. The molecule has 4 nitrogen and oxygen atoms in total. The number of hydrogen-bond donors (Lipinski definition) is 1. The van der Waals surface area contributed by atoms with Crippen molar-refractivity contribution in [3.63, 3.8) is 0 Å². The fourth-order valence-corrected chi connectivity index (χ4v) is 3.34. The number of hydrogen-bond acceptors (Lipinski definition) is 4. The predicted octanol–water partition coefficient (Wildman–Crippen LogP) is 7.45. The molecule has 0 bridgehead atoms. The quantitative estimate of drug-likeness (QED) is 0.141. The SMILES string of the molecule is C=CC(C)(C)c1ccc(OCCCC)c(/C=C/C(=O)c2ccc(NC)cc2)c1OCCCC. The topological polar surface area (TPSA) is 47.6 Å². The van der Waals surface area contributed by atoms with E-state index in [2.05, 4.69) is 45.7 Å². The first-order chi connectivity index (χ1) is 15.9.